The van der Waals surface area contributed by atoms with Crippen molar-refractivity contribution in [3.63, 3.8) is 0 Å². The van der Waals surface area contributed by atoms with Crippen molar-refractivity contribution < 1.29 is 14.6 Å². The van der Waals surface area contributed by atoms with Crippen LogP contribution >= 0.6 is 0 Å². The second-order valence-electron chi connectivity index (χ2n) is 5.19. The van der Waals surface area contributed by atoms with E-state index in [0.29, 0.717) is 0 Å². The summed E-state index contributed by atoms with van der Waals surface area (Å²) >= 11 is 0. The molecule has 2 N–H and O–H groups in total. The second kappa shape index (κ2) is 8.20. The minimum atomic E-state index is -0.523. The number of alkyl carbamates (subject to hydrolysis) is 1. The summed E-state index contributed by atoms with van der Waals surface area (Å²) in [4.78, 5) is 11.9. The van der Waals surface area contributed by atoms with Crippen molar-refractivity contribution in [1.82, 2.24) is 5.32 Å². The fraction of sp³-hybridized carbons (Fsp3) is 0.278. The molecule has 0 radical (unpaired) electrons. The highest BCUT2D eigenvalue weighted by atomic mass is 16.5. The third-order valence-corrected chi connectivity index (χ3v) is 3.64. The van der Waals surface area contributed by atoms with Crippen molar-refractivity contribution in [3.05, 3.63) is 71.8 Å². The predicted octanol–water partition coefficient (Wildman–Crippen LogP) is 3.08. The molecule has 116 valence electrons. The highest BCUT2D eigenvalue weighted by Gasteiger charge is 2.20. The molecule has 2 atom stereocenters. The van der Waals surface area contributed by atoms with Gasteiger partial charge >= 0.3 is 6.09 Å². The molecule has 0 heterocycles. The summed E-state index contributed by atoms with van der Waals surface area (Å²) in [6.07, 6.45) is -0.523. The summed E-state index contributed by atoms with van der Waals surface area (Å²) in [5, 5.41) is 12.2. The first kappa shape index (κ1) is 16.0. The van der Waals surface area contributed by atoms with Crippen LogP contribution in [0, 0.1) is 0 Å². The largest absolute Gasteiger partial charge is 0.445 e. The lowest BCUT2D eigenvalue weighted by molar-refractivity contribution is 0.126. The second-order valence-corrected chi connectivity index (χ2v) is 5.19. The van der Waals surface area contributed by atoms with Crippen LogP contribution in [0.15, 0.2) is 60.7 Å². The van der Waals surface area contributed by atoms with E-state index in [1.54, 1.807) is 0 Å². The number of aliphatic hydroxyl groups excluding tert-OH is 1. The lowest BCUT2D eigenvalue weighted by Gasteiger charge is -2.23. The van der Waals surface area contributed by atoms with Crippen LogP contribution in [0.1, 0.15) is 24.0 Å². The SMILES string of the molecule is CC(c1ccccc1)C(CO)NC(=O)OCc1ccccc1. The molecule has 0 aliphatic carbocycles. The molecule has 0 fully saturated rings. The van der Waals surface area contributed by atoms with Gasteiger partial charge in [0, 0.05) is 5.92 Å². The molecule has 2 aromatic rings. The summed E-state index contributed by atoms with van der Waals surface area (Å²) in [7, 11) is 0. The van der Waals surface area contributed by atoms with Gasteiger partial charge in [-0.3, -0.25) is 0 Å². The van der Waals surface area contributed by atoms with E-state index in [9.17, 15) is 9.90 Å². The van der Waals surface area contributed by atoms with Crippen LogP contribution in [0.2, 0.25) is 0 Å². The van der Waals surface area contributed by atoms with Gasteiger partial charge < -0.3 is 15.2 Å². The van der Waals surface area contributed by atoms with Crippen LogP contribution in [0.25, 0.3) is 0 Å². The number of ether oxygens (including phenoxy) is 1. The van der Waals surface area contributed by atoms with E-state index >= 15 is 0 Å². The van der Waals surface area contributed by atoms with E-state index in [1.165, 1.54) is 0 Å². The van der Waals surface area contributed by atoms with E-state index in [1.807, 2.05) is 67.6 Å². The molecule has 0 bridgehead atoms. The van der Waals surface area contributed by atoms with E-state index in [-0.39, 0.29) is 25.2 Å². The van der Waals surface area contributed by atoms with Crippen molar-refractivity contribution >= 4 is 6.09 Å². The molecule has 4 nitrogen and oxygen atoms in total. The minimum absolute atomic E-state index is 0.00419. The Kier molecular flexibility index (Phi) is 5.98. The summed E-state index contributed by atoms with van der Waals surface area (Å²) in [5.74, 6) is -0.00419. The maximum Gasteiger partial charge on any atom is 0.407 e. The number of hydrogen-bond acceptors (Lipinski definition) is 3. The molecule has 2 unspecified atom stereocenters. The number of carbonyl (C=O) groups is 1. The molecule has 0 aromatic heterocycles. The number of nitrogens with one attached hydrogen (secondary N) is 1. The smallest absolute Gasteiger partial charge is 0.407 e. The Morgan fingerprint density at radius 1 is 1.09 bits per heavy atom. The van der Waals surface area contributed by atoms with E-state index in [2.05, 4.69) is 5.32 Å². The summed E-state index contributed by atoms with van der Waals surface area (Å²) in [5.41, 5.74) is 1.99. The van der Waals surface area contributed by atoms with Gasteiger partial charge in [0.15, 0.2) is 0 Å². The summed E-state index contributed by atoms with van der Waals surface area (Å²) in [6.45, 7) is 2.04. The van der Waals surface area contributed by atoms with Gasteiger partial charge in [0.1, 0.15) is 6.61 Å². The van der Waals surface area contributed by atoms with Crippen molar-refractivity contribution in [2.75, 3.05) is 6.61 Å². The van der Waals surface area contributed by atoms with E-state index < -0.39 is 6.09 Å². The molecule has 2 aromatic carbocycles. The monoisotopic (exact) mass is 299 g/mol. The first-order valence-corrected chi connectivity index (χ1v) is 7.33. The highest BCUT2D eigenvalue weighted by molar-refractivity contribution is 5.67. The first-order chi connectivity index (χ1) is 10.7. The molecular formula is C18H21NO3. The fourth-order valence-electron chi connectivity index (χ4n) is 2.23. The standard InChI is InChI=1S/C18H21NO3/c1-14(16-10-6-3-7-11-16)17(12-20)19-18(21)22-13-15-8-4-2-5-9-15/h2-11,14,17,20H,12-13H2,1H3,(H,19,21). The van der Waals surface area contributed by atoms with Gasteiger partial charge in [0.05, 0.1) is 12.6 Å². The maximum absolute atomic E-state index is 11.9. The third kappa shape index (κ3) is 4.60. The van der Waals surface area contributed by atoms with Gasteiger partial charge in [-0.25, -0.2) is 4.79 Å². The van der Waals surface area contributed by atoms with Gasteiger partial charge in [-0.05, 0) is 11.1 Å². The zero-order valence-corrected chi connectivity index (χ0v) is 12.6. The number of carbonyl (C=O) groups excluding carboxylic acids is 1. The van der Waals surface area contributed by atoms with Crippen LogP contribution in [0.4, 0.5) is 4.79 Å². The lowest BCUT2D eigenvalue weighted by atomic mass is 9.94. The van der Waals surface area contributed by atoms with Crippen LogP contribution in [-0.2, 0) is 11.3 Å². The van der Waals surface area contributed by atoms with Gasteiger partial charge in [-0.15, -0.1) is 0 Å². The first-order valence-electron chi connectivity index (χ1n) is 7.33. The van der Waals surface area contributed by atoms with Crippen molar-refractivity contribution in [1.29, 1.82) is 0 Å². The Morgan fingerprint density at radius 2 is 1.68 bits per heavy atom. The number of benzene rings is 2. The highest BCUT2D eigenvalue weighted by Crippen LogP contribution is 2.18. The average Bonchev–Trinajstić information content (AvgIpc) is 2.59. The zero-order chi connectivity index (χ0) is 15.8. The Balaban J connectivity index is 1.88. The molecular weight excluding hydrogens is 278 g/mol. The van der Waals surface area contributed by atoms with Crippen LogP contribution in [-0.4, -0.2) is 23.8 Å². The van der Waals surface area contributed by atoms with Gasteiger partial charge in [-0.2, -0.15) is 0 Å². The van der Waals surface area contributed by atoms with Gasteiger partial charge in [0.2, 0.25) is 0 Å². The molecule has 4 heteroatoms. The molecule has 0 aliphatic rings. The predicted molar refractivity (Wildman–Crippen MR) is 85.5 cm³/mol. The molecule has 0 spiro atoms. The molecule has 2 rings (SSSR count). The maximum atomic E-state index is 11.9. The average molecular weight is 299 g/mol. The van der Waals surface area contributed by atoms with Crippen molar-refractivity contribution in [2.24, 2.45) is 0 Å². The molecule has 0 saturated heterocycles. The normalized spacial score (nSPS) is 13.2. The Labute approximate surface area is 130 Å². The molecule has 0 saturated carbocycles. The number of amides is 1. The molecule has 0 aliphatic heterocycles. The van der Waals surface area contributed by atoms with E-state index in [4.69, 9.17) is 4.74 Å². The fourth-order valence-corrected chi connectivity index (χ4v) is 2.23. The third-order valence-electron chi connectivity index (χ3n) is 3.64. The van der Waals surface area contributed by atoms with Crippen molar-refractivity contribution in [3.8, 4) is 0 Å². The van der Waals surface area contributed by atoms with Crippen LogP contribution in [0.5, 0.6) is 0 Å². The number of hydrogen-bond donors (Lipinski definition) is 2. The Hall–Kier alpha value is -2.33. The van der Waals surface area contributed by atoms with Crippen LogP contribution in [0.3, 0.4) is 0 Å². The number of rotatable bonds is 6. The van der Waals surface area contributed by atoms with Gasteiger partial charge in [-0.1, -0.05) is 67.6 Å². The molecule has 22 heavy (non-hydrogen) atoms. The topological polar surface area (TPSA) is 58.6 Å². The van der Waals surface area contributed by atoms with E-state index in [0.717, 1.165) is 11.1 Å². The minimum Gasteiger partial charge on any atom is -0.445 e. The lowest BCUT2D eigenvalue weighted by Crippen LogP contribution is -2.41. The quantitative estimate of drug-likeness (QED) is 0.862. The van der Waals surface area contributed by atoms with Crippen molar-refractivity contribution in [2.45, 2.75) is 25.5 Å². The van der Waals surface area contributed by atoms with Gasteiger partial charge in [0.25, 0.3) is 0 Å². The zero-order valence-electron chi connectivity index (χ0n) is 12.6. The summed E-state index contributed by atoms with van der Waals surface area (Å²) < 4.78 is 5.19. The van der Waals surface area contributed by atoms with Crippen LogP contribution < -0.4 is 5.32 Å². The Bertz CT molecular complexity index is 571. The molecule has 1 amide bonds. The number of aliphatic hydroxyl groups is 1. The summed E-state index contributed by atoms with van der Waals surface area (Å²) in [6, 6.07) is 18.9. The Morgan fingerprint density at radius 3 is 2.27 bits per heavy atom.